The van der Waals surface area contributed by atoms with Crippen LogP contribution in [-0.2, 0) is 0 Å². The van der Waals surface area contributed by atoms with E-state index in [9.17, 15) is 14.0 Å². The lowest BCUT2D eigenvalue weighted by Crippen LogP contribution is -2.37. The minimum atomic E-state index is -0.698. The number of hydrogen-bond donors (Lipinski definition) is 0. The van der Waals surface area contributed by atoms with Gasteiger partial charge in [-0.15, -0.1) is 0 Å². The predicted molar refractivity (Wildman–Crippen MR) is 121 cm³/mol. The van der Waals surface area contributed by atoms with Crippen LogP contribution in [0.4, 0.5) is 4.39 Å². The van der Waals surface area contributed by atoms with Crippen LogP contribution in [0.5, 0.6) is 5.75 Å². The lowest BCUT2D eigenvalue weighted by atomic mass is 9.98. The van der Waals surface area contributed by atoms with Gasteiger partial charge in [0.1, 0.15) is 17.1 Å². The molecule has 2 heterocycles. The Bertz CT molecular complexity index is 1200. The zero-order valence-corrected chi connectivity index (χ0v) is 18.6. The molecule has 1 aromatic heterocycles. The molecule has 0 saturated carbocycles. The van der Waals surface area contributed by atoms with Crippen molar-refractivity contribution in [3.8, 4) is 5.75 Å². The molecule has 1 amide bonds. The van der Waals surface area contributed by atoms with E-state index in [2.05, 4.69) is 18.7 Å². The van der Waals surface area contributed by atoms with E-state index < -0.39 is 11.9 Å². The first kappa shape index (κ1) is 22.0. The maximum atomic E-state index is 14.1. The summed E-state index contributed by atoms with van der Waals surface area (Å²) in [6.07, 6.45) is 0. The van der Waals surface area contributed by atoms with Gasteiger partial charge < -0.3 is 19.0 Å². The summed E-state index contributed by atoms with van der Waals surface area (Å²) in [7, 11) is 0. The van der Waals surface area contributed by atoms with Gasteiger partial charge in [0.25, 0.3) is 5.91 Å². The molecule has 0 fully saturated rings. The molecule has 6 nitrogen and oxygen atoms in total. The van der Waals surface area contributed by atoms with Crippen LogP contribution in [0.1, 0.15) is 48.5 Å². The van der Waals surface area contributed by atoms with Crippen molar-refractivity contribution in [1.82, 2.24) is 9.80 Å². The number of halogens is 1. The third-order valence-corrected chi connectivity index (χ3v) is 5.97. The third-order valence-electron chi connectivity index (χ3n) is 5.97. The first-order valence-corrected chi connectivity index (χ1v) is 11.0. The van der Waals surface area contributed by atoms with Crippen LogP contribution in [0.25, 0.3) is 11.0 Å². The fourth-order valence-corrected chi connectivity index (χ4v) is 4.30. The number of hydrogen-bond acceptors (Lipinski definition) is 5. The summed E-state index contributed by atoms with van der Waals surface area (Å²) >= 11 is 0. The Morgan fingerprint density at radius 1 is 1.09 bits per heavy atom. The molecule has 1 atom stereocenters. The molecular formula is C25H27FN2O4. The Kier molecular flexibility index (Phi) is 6.28. The first-order valence-electron chi connectivity index (χ1n) is 11.0. The summed E-state index contributed by atoms with van der Waals surface area (Å²) in [4.78, 5) is 30.7. The van der Waals surface area contributed by atoms with Gasteiger partial charge in [0.15, 0.2) is 5.43 Å². The van der Waals surface area contributed by atoms with Crippen LogP contribution in [0.2, 0.25) is 0 Å². The SMILES string of the molecule is CCOc1ccc2c(=O)c3c(oc2c1)C(=O)N(CCN(CC)CC)C3c1cccc(F)c1. The molecule has 0 bridgehead atoms. The Balaban J connectivity index is 1.86. The average Bonchev–Trinajstić information content (AvgIpc) is 3.07. The number of amides is 1. The molecule has 7 heteroatoms. The number of rotatable bonds is 8. The maximum absolute atomic E-state index is 14.1. The van der Waals surface area contributed by atoms with E-state index >= 15 is 0 Å². The van der Waals surface area contributed by atoms with E-state index in [4.69, 9.17) is 9.15 Å². The summed E-state index contributed by atoms with van der Waals surface area (Å²) < 4.78 is 25.6. The Hall–Kier alpha value is -3.19. The van der Waals surface area contributed by atoms with Crippen LogP contribution in [0.15, 0.2) is 51.7 Å². The summed E-state index contributed by atoms with van der Waals surface area (Å²) in [5.41, 5.74) is 0.833. The number of ether oxygens (including phenoxy) is 1. The van der Waals surface area contributed by atoms with E-state index in [1.54, 1.807) is 35.2 Å². The fourth-order valence-electron chi connectivity index (χ4n) is 4.30. The van der Waals surface area contributed by atoms with Crippen molar-refractivity contribution < 1.29 is 18.3 Å². The quantitative estimate of drug-likeness (QED) is 0.527. The monoisotopic (exact) mass is 438 g/mol. The molecule has 2 aromatic carbocycles. The third kappa shape index (κ3) is 3.88. The molecule has 1 aliphatic heterocycles. The Morgan fingerprint density at radius 2 is 1.88 bits per heavy atom. The van der Waals surface area contributed by atoms with Gasteiger partial charge in [0.05, 0.1) is 23.6 Å². The highest BCUT2D eigenvalue weighted by Crippen LogP contribution is 2.38. The van der Waals surface area contributed by atoms with E-state index in [1.807, 2.05) is 6.92 Å². The largest absolute Gasteiger partial charge is 0.494 e. The molecule has 0 radical (unpaired) electrons. The number of carbonyl (C=O) groups is 1. The molecule has 0 spiro atoms. The molecule has 168 valence electrons. The molecule has 0 saturated heterocycles. The standard InChI is InChI=1S/C25H27FN2O4/c1-4-27(5-2)12-13-28-22(16-8-7-9-17(26)14-16)21-23(29)19-11-10-18(31-6-3)15-20(19)32-24(21)25(28)30/h7-11,14-15,22H,4-6,12-13H2,1-3H3. The summed E-state index contributed by atoms with van der Waals surface area (Å²) in [6.45, 7) is 9.18. The second-order valence-corrected chi connectivity index (χ2v) is 7.75. The van der Waals surface area contributed by atoms with Gasteiger partial charge in [-0.1, -0.05) is 26.0 Å². The van der Waals surface area contributed by atoms with Gasteiger partial charge in [0, 0.05) is 19.2 Å². The van der Waals surface area contributed by atoms with E-state index in [1.165, 1.54) is 12.1 Å². The molecule has 4 rings (SSSR count). The van der Waals surface area contributed by atoms with Crippen molar-refractivity contribution in [1.29, 1.82) is 0 Å². The molecular weight excluding hydrogens is 411 g/mol. The second kappa shape index (κ2) is 9.12. The Labute approximate surface area is 186 Å². The molecule has 1 unspecified atom stereocenters. The average molecular weight is 438 g/mol. The van der Waals surface area contributed by atoms with E-state index in [0.29, 0.717) is 42.0 Å². The minimum absolute atomic E-state index is 0.0185. The first-order chi connectivity index (χ1) is 15.5. The van der Waals surface area contributed by atoms with Crippen molar-refractivity contribution in [2.24, 2.45) is 0 Å². The van der Waals surface area contributed by atoms with Gasteiger partial charge in [-0.2, -0.15) is 0 Å². The van der Waals surface area contributed by atoms with Crippen LogP contribution in [-0.4, -0.2) is 48.5 Å². The zero-order chi connectivity index (χ0) is 22.8. The minimum Gasteiger partial charge on any atom is -0.494 e. The normalized spacial score (nSPS) is 15.6. The topological polar surface area (TPSA) is 63.0 Å². The predicted octanol–water partition coefficient (Wildman–Crippen LogP) is 4.22. The lowest BCUT2D eigenvalue weighted by molar-refractivity contribution is 0.0708. The van der Waals surface area contributed by atoms with Crippen LogP contribution < -0.4 is 10.2 Å². The van der Waals surface area contributed by atoms with Gasteiger partial charge in [0.2, 0.25) is 5.76 Å². The van der Waals surface area contributed by atoms with Crippen molar-refractivity contribution in [3.63, 3.8) is 0 Å². The highest BCUT2D eigenvalue weighted by Gasteiger charge is 2.42. The molecule has 3 aromatic rings. The summed E-state index contributed by atoms with van der Waals surface area (Å²) in [5.74, 6) is -0.195. The Morgan fingerprint density at radius 3 is 2.56 bits per heavy atom. The molecule has 1 aliphatic rings. The second-order valence-electron chi connectivity index (χ2n) is 7.75. The molecule has 32 heavy (non-hydrogen) atoms. The van der Waals surface area contributed by atoms with Crippen molar-refractivity contribution in [3.05, 3.63) is 75.4 Å². The number of carbonyl (C=O) groups excluding carboxylic acids is 1. The zero-order valence-electron chi connectivity index (χ0n) is 18.6. The van der Waals surface area contributed by atoms with E-state index in [0.717, 1.165) is 13.1 Å². The number of benzene rings is 2. The molecule has 0 aliphatic carbocycles. The van der Waals surface area contributed by atoms with Crippen LogP contribution in [0.3, 0.4) is 0 Å². The fraction of sp³-hybridized carbons (Fsp3) is 0.360. The van der Waals surface area contributed by atoms with Gasteiger partial charge in [-0.05, 0) is 49.8 Å². The van der Waals surface area contributed by atoms with Gasteiger partial charge in [-0.25, -0.2) is 4.39 Å². The lowest BCUT2D eigenvalue weighted by Gasteiger charge is -2.28. The molecule has 0 N–H and O–H groups in total. The summed E-state index contributed by atoms with van der Waals surface area (Å²) in [6, 6.07) is 10.3. The van der Waals surface area contributed by atoms with Crippen LogP contribution >= 0.6 is 0 Å². The van der Waals surface area contributed by atoms with Crippen molar-refractivity contribution in [2.45, 2.75) is 26.8 Å². The van der Waals surface area contributed by atoms with Crippen molar-refractivity contribution >= 4 is 16.9 Å². The maximum Gasteiger partial charge on any atom is 0.290 e. The van der Waals surface area contributed by atoms with Crippen LogP contribution in [0, 0.1) is 5.82 Å². The highest BCUT2D eigenvalue weighted by atomic mass is 19.1. The number of nitrogens with zero attached hydrogens (tertiary/aromatic N) is 2. The number of likely N-dealkylation sites (N-methyl/N-ethyl adjacent to an activating group) is 1. The summed E-state index contributed by atoms with van der Waals surface area (Å²) in [5, 5.41) is 0.368. The smallest absolute Gasteiger partial charge is 0.290 e. The van der Waals surface area contributed by atoms with Gasteiger partial charge in [-0.3, -0.25) is 9.59 Å². The van der Waals surface area contributed by atoms with E-state index in [-0.39, 0.29) is 22.7 Å². The van der Waals surface area contributed by atoms with Gasteiger partial charge >= 0.3 is 0 Å². The highest BCUT2D eigenvalue weighted by molar-refractivity contribution is 5.99. The number of fused-ring (bicyclic) bond motifs is 2. The van der Waals surface area contributed by atoms with Crippen molar-refractivity contribution in [2.75, 3.05) is 32.8 Å².